The summed E-state index contributed by atoms with van der Waals surface area (Å²) in [7, 11) is 0. The lowest BCUT2D eigenvalue weighted by atomic mass is 9.98. The molecular formula is C12H13NO3. The van der Waals surface area contributed by atoms with Crippen molar-refractivity contribution >= 4 is 16.9 Å². The summed E-state index contributed by atoms with van der Waals surface area (Å²) < 4.78 is 5.23. The number of benzene rings is 1. The summed E-state index contributed by atoms with van der Waals surface area (Å²) in [5.41, 5.74) is 2.14. The molecule has 0 fully saturated rings. The van der Waals surface area contributed by atoms with Gasteiger partial charge in [-0.25, -0.2) is 0 Å². The summed E-state index contributed by atoms with van der Waals surface area (Å²) >= 11 is 0. The SMILES string of the molecule is CCc1noc2c(C(C)C(=O)O)cccc12. The van der Waals surface area contributed by atoms with Crippen molar-refractivity contribution in [2.75, 3.05) is 0 Å². The molecule has 0 aliphatic heterocycles. The van der Waals surface area contributed by atoms with Gasteiger partial charge in [-0.3, -0.25) is 4.79 Å². The van der Waals surface area contributed by atoms with Crippen molar-refractivity contribution in [2.45, 2.75) is 26.2 Å². The Morgan fingerprint density at radius 1 is 1.56 bits per heavy atom. The summed E-state index contributed by atoms with van der Waals surface area (Å²) in [6, 6.07) is 5.52. The van der Waals surface area contributed by atoms with Gasteiger partial charge in [0.05, 0.1) is 11.6 Å². The molecule has 16 heavy (non-hydrogen) atoms. The van der Waals surface area contributed by atoms with Crippen LogP contribution < -0.4 is 0 Å². The van der Waals surface area contributed by atoms with Crippen LogP contribution in [-0.4, -0.2) is 16.2 Å². The number of carboxylic acids is 1. The van der Waals surface area contributed by atoms with Crippen molar-refractivity contribution in [3.63, 3.8) is 0 Å². The van der Waals surface area contributed by atoms with E-state index in [0.29, 0.717) is 11.1 Å². The van der Waals surface area contributed by atoms with Crippen LogP contribution >= 0.6 is 0 Å². The predicted octanol–water partition coefficient (Wildman–Crippen LogP) is 2.58. The van der Waals surface area contributed by atoms with Gasteiger partial charge >= 0.3 is 5.97 Å². The molecule has 4 nitrogen and oxygen atoms in total. The summed E-state index contributed by atoms with van der Waals surface area (Å²) in [4.78, 5) is 11.0. The molecule has 0 radical (unpaired) electrons. The zero-order chi connectivity index (χ0) is 11.7. The Hall–Kier alpha value is -1.84. The number of aryl methyl sites for hydroxylation is 1. The van der Waals surface area contributed by atoms with Gasteiger partial charge in [0.1, 0.15) is 0 Å². The lowest BCUT2D eigenvalue weighted by molar-refractivity contribution is -0.138. The van der Waals surface area contributed by atoms with Crippen molar-refractivity contribution in [3.8, 4) is 0 Å². The minimum atomic E-state index is -0.859. The fraction of sp³-hybridized carbons (Fsp3) is 0.333. The first-order valence-corrected chi connectivity index (χ1v) is 5.25. The van der Waals surface area contributed by atoms with E-state index in [-0.39, 0.29) is 0 Å². The zero-order valence-corrected chi connectivity index (χ0v) is 9.23. The second-order valence-corrected chi connectivity index (χ2v) is 3.77. The van der Waals surface area contributed by atoms with Gasteiger partial charge in [0.2, 0.25) is 0 Å². The van der Waals surface area contributed by atoms with Crippen molar-refractivity contribution in [1.82, 2.24) is 5.16 Å². The maximum Gasteiger partial charge on any atom is 0.310 e. The van der Waals surface area contributed by atoms with Crippen LogP contribution in [0.1, 0.15) is 31.0 Å². The van der Waals surface area contributed by atoms with Gasteiger partial charge in [-0.1, -0.05) is 24.2 Å². The third kappa shape index (κ3) is 1.56. The molecule has 84 valence electrons. The predicted molar refractivity (Wildman–Crippen MR) is 59.4 cm³/mol. The highest BCUT2D eigenvalue weighted by molar-refractivity contribution is 5.87. The highest BCUT2D eigenvalue weighted by atomic mass is 16.5. The second kappa shape index (κ2) is 3.96. The summed E-state index contributed by atoms with van der Waals surface area (Å²) in [5, 5.41) is 13.9. The number of fused-ring (bicyclic) bond motifs is 1. The number of nitrogens with zero attached hydrogens (tertiary/aromatic N) is 1. The average Bonchev–Trinajstić information content (AvgIpc) is 2.70. The van der Waals surface area contributed by atoms with Crippen LogP contribution in [0.15, 0.2) is 22.7 Å². The summed E-state index contributed by atoms with van der Waals surface area (Å²) in [5.74, 6) is -1.44. The Morgan fingerprint density at radius 3 is 2.94 bits per heavy atom. The fourth-order valence-corrected chi connectivity index (χ4v) is 1.76. The number of hydrogen-bond acceptors (Lipinski definition) is 3. The second-order valence-electron chi connectivity index (χ2n) is 3.77. The third-order valence-corrected chi connectivity index (χ3v) is 2.78. The number of aliphatic carboxylic acids is 1. The number of para-hydroxylation sites is 1. The fourth-order valence-electron chi connectivity index (χ4n) is 1.76. The number of hydrogen-bond donors (Lipinski definition) is 1. The van der Waals surface area contributed by atoms with Gasteiger partial charge in [0.25, 0.3) is 0 Å². The van der Waals surface area contributed by atoms with E-state index in [9.17, 15) is 4.79 Å². The minimum absolute atomic E-state index is 0.582. The van der Waals surface area contributed by atoms with Crippen molar-refractivity contribution in [2.24, 2.45) is 0 Å². The first-order chi connectivity index (χ1) is 7.65. The Labute approximate surface area is 92.9 Å². The van der Waals surface area contributed by atoms with Crippen LogP contribution in [0.4, 0.5) is 0 Å². The number of rotatable bonds is 3. The Bertz CT molecular complexity index is 530. The summed E-state index contributed by atoms with van der Waals surface area (Å²) in [6.07, 6.45) is 0.776. The smallest absolute Gasteiger partial charge is 0.310 e. The molecule has 0 aliphatic carbocycles. The molecule has 0 saturated heterocycles. The Balaban J connectivity index is 2.63. The van der Waals surface area contributed by atoms with Crippen LogP contribution in [-0.2, 0) is 11.2 Å². The van der Waals surface area contributed by atoms with E-state index in [4.69, 9.17) is 9.63 Å². The molecule has 1 atom stereocenters. The standard InChI is InChI=1S/C12H13NO3/c1-3-10-9-6-4-5-8(7(2)12(14)15)11(9)16-13-10/h4-7H,3H2,1-2H3,(H,14,15). The molecule has 0 amide bonds. The first-order valence-electron chi connectivity index (χ1n) is 5.25. The molecule has 0 saturated carbocycles. The molecule has 1 N–H and O–H groups in total. The maximum atomic E-state index is 11.0. The molecule has 4 heteroatoms. The van der Waals surface area contributed by atoms with Crippen LogP contribution in [0, 0.1) is 0 Å². The van der Waals surface area contributed by atoms with Crippen molar-refractivity contribution in [1.29, 1.82) is 0 Å². The largest absolute Gasteiger partial charge is 0.481 e. The van der Waals surface area contributed by atoms with Gasteiger partial charge in [-0.15, -0.1) is 0 Å². The highest BCUT2D eigenvalue weighted by Crippen LogP contribution is 2.28. The quantitative estimate of drug-likeness (QED) is 0.861. The van der Waals surface area contributed by atoms with Crippen LogP contribution in [0.25, 0.3) is 11.0 Å². The highest BCUT2D eigenvalue weighted by Gasteiger charge is 2.19. The molecule has 1 heterocycles. The number of carbonyl (C=O) groups is 1. The van der Waals surface area contributed by atoms with E-state index in [1.807, 2.05) is 19.1 Å². The molecule has 0 spiro atoms. The van der Waals surface area contributed by atoms with E-state index in [0.717, 1.165) is 17.5 Å². The zero-order valence-electron chi connectivity index (χ0n) is 9.23. The van der Waals surface area contributed by atoms with Gasteiger partial charge in [-0.2, -0.15) is 0 Å². The number of carboxylic acid groups (broad SMARTS) is 1. The van der Waals surface area contributed by atoms with Crippen LogP contribution in [0.2, 0.25) is 0 Å². The maximum absolute atomic E-state index is 11.0. The molecule has 0 aliphatic rings. The average molecular weight is 219 g/mol. The van der Waals surface area contributed by atoms with Crippen molar-refractivity contribution < 1.29 is 14.4 Å². The molecule has 2 rings (SSSR count). The van der Waals surface area contributed by atoms with Gasteiger partial charge in [0.15, 0.2) is 5.58 Å². The topological polar surface area (TPSA) is 63.3 Å². The summed E-state index contributed by atoms with van der Waals surface area (Å²) in [6.45, 7) is 3.63. The molecule has 1 aromatic carbocycles. The van der Waals surface area contributed by atoms with E-state index < -0.39 is 11.9 Å². The molecule has 1 unspecified atom stereocenters. The molecule has 0 bridgehead atoms. The van der Waals surface area contributed by atoms with Crippen LogP contribution in [0.5, 0.6) is 0 Å². The normalized spacial score (nSPS) is 12.9. The number of aromatic nitrogens is 1. The minimum Gasteiger partial charge on any atom is -0.481 e. The Kier molecular flexibility index (Phi) is 2.64. The van der Waals surface area contributed by atoms with Gasteiger partial charge in [0, 0.05) is 10.9 Å². The van der Waals surface area contributed by atoms with Gasteiger partial charge < -0.3 is 9.63 Å². The molecule has 1 aromatic heterocycles. The van der Waals surface area contributed by atoms with E-state index >= 15 is 0 Å². The molecular weight excluding hydrogens is 206 g/mol. The lowest BCUT2D eigenvalue weighted by Gasteiger charge is -2.05. The lowest BCUT2D eigenvalue weighted by Crippen LogP contribution is -2.07. The third-order valence-electron chi connectivity index (χ3n) is 2.78. The first kappa shape index (κ1) is 10.7. The van der Waals surface area contributed by atoms with E-state index in [1.165, 1.54) is 0 Å². The van der Waals surface area contributed by atoms with E-state index in [2.05, 4.69) is 5.16 Å². The molecule has 2 aromatic rings. The van der Waals surface area contributed by atoms with Crippen LogP contribution in [0.3, 0.4) is 0 Å². The Morgan fingerprint density at radius 2 is 2.31 bits per heavy atom. The monoisotopic (exact) mass is 219 g/mol. The van der Waals surface area contributed by atoms with E-state index in [1.54, 1.807) is 13.0 Å². The van der Waals surface area contributed by atoms with Crippen molar-refractivity contribution in [3.05, 3.63) is 29.5 Å². The van der Waals surface area contributed by atoms with Gasteiger partial charge in [-0.05, 0) is 19.4 Å².